The molecular formula is C29H30F3N3O. The van der Waals surface area contributed by atoms with Gasteiger partial charge in [0.05, 0.1) is 35.4 Å². The summed E-state index contributed by atoms with van der Waals surface area (Å²) < 4.78 is 44.3. The number of halogens is 3. The van der Waals surface area contributed by atoms with Crippen LogP contribution >= 0.6 is 0 Å². The third-order valence-corrected chi connectivity index (χ3v) is 7.24. The van der Waals surface area contributed by atoms with Crippen LogP contribution in [-0.4, -0.2) is 14.2 Å². The summed E-state index contributed by atoms with van der Waals surface area (Å²) in [6, 6.07) is 19.5. The number of imidazole rings is 1. The highest BCUT2D eigenvalue weighted by Crippen LogP contribution is 2.34. The highest BCUT2D eigenvalue weighted by Gasteiger charge is 2.31. The van der Waals surface area contributed by atoms with Gasteiger partial charge in [0, 0.05) is 7.05 Å². The average Bonchev–Trinajstić information content (AvgIpc) is 3.15. The molecule has 0 saturated heterocycles. The molecule has 3 aromatic carbocycles. The van der Waals surface area contributed by atoms with Crippen molar-refractivity contribution < 1.29 is 18.3 Å². The van der Waals surface area contributed by atoms with Gasteiger partial charge in [0.2, 0.25) is 5.62 Å². The van der Waals surface area contributed by atoms with Crippen molar-refractivity contribution in [3.8, 4) is 0 Å². The van der Waals surface area contributed by atoms with Crippen LogP contribution in [0.2, 0.25) is 0 Å². The molecule has 0 radical (unpaired) electrons. The second-order valence-corrected chi connectivity index (χ2v) is 9.66. The molecule has 0 unspecified atom stereocenters. The summed E-state index contributed by atoms with van der Waals surface area (Å²) in [6.45, 7) is 0.289. The van der Waals surface area contributed by atoms with Crippen LogP contribution in [-0.2, 0) is 26.4 Å². The van der Waals surface area contributed by atoms with Gasteiger partial charge in [-0.1, -0.05) is 55.7 Å². The molecular weight excluding hydrogens is 463 g/mol. The number of benzene rings is 3. The fourth-order valence-corrected chi connectivity index (χ4v) is 5.19. The third-order valence-electron chi connectivity index (χ3n) is 7.24. The maximum Gasteiger partial charge on any atom is 0.416 e. The molecule has 5 rings (SSSR count). The summed E-state index contributed by atoms with van der Waals surface area (Å²) in [5, 5.41) is 9.35. The molecule has 1 heterocycles. The van der Waals surface area contributed by atoms with E-state index < -0.39 is 11.7 Å². The van der Waals surface area contributed by atoms with E-state index >= 15 is 0 Å². The van der Waals surface area contributed by atoms with E-state index in [1.165, 1.54) is 49.8 Å². The summed E-state index contributed by atoms with van der Waals surface area (Å²) in [5.74, 6) is 0.595. The number of hydrogen-bond donors (Lipinski definition) is 1. The van der Waals surface area contributed by atoms with Gasteiger partial charge in [-0.25, -0.2) is 4.99 Å². The van der Waals surface area contributed by atoms with Crippen LogP contribution in [0.25, 0.3) is 11.0 Å². The number of aryl methyl sites for hydroxylation is 1. The zero-order valence-electron chi connectivity index (χ0n) is 20.3. The van der Waals surface area contributed by atoms with Gasteiger partial charge < -0.3 is 14.2 Å². The largest absolute Gasteiger partial charge is 0.416 e. The molecule has 36 heavy (non-hydrogen) atoms. The number of fused-ring (bicyclic) bond motifs is 1. The summed E-state index contributed by atoms with van der Waals surface area (Å²) in [7, 11) is 1.83. The maximum atomic E-state index is 13.5. The summed E-state index contributed by atoms with van der Waals surface area (Å²) in [6.07, 6.45) is 1.85. The summed E-state index contributed by atoms with van der Waals surface area (Å²) >= 11 is 0. The first kappa shape index (κ1) is 24.4. The number of aliphatic hydroxyl groups excluding tert-OH is 1. The molecule has 1 saturated carbocycles. The molecule has 0 spiro atoms. The van der Waals surface area contributed by atoms with Crippen LogP contribution in [0, 0.1) is 0 Å². The summed E-state index contributed by atoms with van der Waals surface area (Å²) in [4.78, 5) is 4.89. The van der Waals surface area contributed by atoms with Crippen LogP contribution < -0.4 is 5.62 Å². The molecule has 0 aliphatic heterocycles. The Morgan fingerprint density at radius 1 is 0.861 bits per heavy atom. The molecule has 4 nitrogen and oxygen atoms in total. The van der Waals surface area contributed by atoms with E-state index in [0.717, 1.165) is 22.9 Å². The monoisotopic (exact) mass is 493 g/mol. The van der Waals surface area contributed by atoms with Gasteiger partial charge in [0.25, 0.3) is 0 Å². The first-order valence-electron chi connectivity index (χ1n) is 12.4. The van der Waals surface area contributed by atoms with Crippen molar-refractivity contribution in [1.29, 1.82) is 0 Å². The zero-order chi connectivity index (χ0) is 25.3. The maximum absolute atomic E-state index is 13.5. The fraction of sp³-hybridized carbons (Fsp3) is 0.345. The van der Waals surface area contributed by atoms with E-state index in [1.54, 1.807) is 0 Å². The van der Waals surface area contributed by atoms with E-state index in [2.05, 4.69) is 12.1 Å². The molecule has 188 valence electrons. The van der Waals surface area contributed by atoms with Gasteiger partial charge >= 0.3 is 6.18 Å². The van der Waals surface area contributed by atoms with E-state index in [0.29, 0.717) is 29.1 Å². The van der Waals surface area contributed by atoms with Crippen molar-refractivity contribution in [3.63, 3.8) is 0 Å². The Labute approximate surface area is 208 Å². The lowest BCUT2D eigenvalue weighted by atomic mass is 9.84. The minimum absolute atomic E-state index is 0.0614. The Hall–Kier alpha value is -3.32. The van der Waals surface area contributed by atoms with E-state index in [4.69, 9.17) is 4.99 Å². The number of hydrogen-bond acceptors (Lipinski definition) is 2. The second kappa shape index (κ2) is 9.97. The lowest BCUT2D eigenvalue weighted by Crippen LogP contribution is -2.24. The van der Waals surface area contributed by atoms with Crippen LogP contribution in [0.1, 0.15) is 60.3 Å². The molecule has 1 aliphatic carbocycles. The molecule has 7 heteroatoms. The lowest BCUT2D eigenvalue weighted by molar-refractivity contribution is -0.137. The van der Waals surface area contributed by atoms with Crippen molar-refractivity contribution in [2.45, 2.75) is 57.3 Å². The minimum atomic E-state index is -4.43. The predicted molar refractivity (Wildman–Crippen MR) is 135 cm³/mol. The van der Waals surface area contributed by atoms with Crippen molar-refractivity contribution in [2.24, 2.45) is 12.0 Å². The van der Waals surface area contributed by atoms with Gasteiger partial charge in [-0.05, 0) is 65.8 Å². The van der Waals surface area contributed by atoms with Gasteiger partial charge in [-0.2, -0.15) is 13.2 Å². The highest BCUT2D eigenvalue weighted by atomic mass is 19.4. The number of aliphatic hydroxyl groups is 1. The normalized spacial score (nSPS) is 15.6. The predicted octanol–water partition coefficient (Wildman–Crippen LogP) is 6.82. The molecule has 0 bridgehead atoms. The highest BCUT2D eigenvalue weighted by molar-refractivity contribution is 5.77. The van der Waals surface area contributed by atoms with Crippen molar-refractivity contribution >= 4 is 16.7 Å². The fourth-order valence-electron chi connectivity index (χ4n) is 5.19. The van der Waals surface area contributed by atoms with E-state index in [9.17, 15) is 18.3 Å². The Kier molecular flexibility index (Phi) is 6.75. The third kappa shape index (κ3) is 4.98. The number of rotatable bonds is 5. The van der Waals surface area contributed by atoms with Crippen molar-refractivity contribution in [1.82, 2.24) is 9.13 Å². The molecule has 1 aliphatic rings. The molecule has 1 aromatic heterocycles. The van der Waals surface area contributed by atoms with E-state index in [-0.39, 0.29) is 6.61 Å². The molecule has 0 amide bonds. The first-order valence-corrected chi connectivity index (χ1v) is 12.4. The summed E-state index contributed by atoms with van der Waals surface area (Å²) in [5.41, 5.74) is 4.81. The van der Waals surface area contributed by atoms with Crippen molar-refractivity contribution in [2.75, 3.05) is 0 Å². The van der Waals surface area contributed by atoms with Crippen LogP contribution in [0.3, 0.4) is 0 Å². The van der Waals surface area contributed by atoms with E-state index in [1.807, 2.05) is 52.6 Å². The minimum Gasteiger partial charge on any atom is -0.392 e. The standard InChI is InChI=1S/C29H30F3N3O/c1-34-26-16-13-24(29(30,31)32)17-27(26)35(18-20-7-9-21(19-36)10-8-20)28(34)33-25-14-11-23(12-15-25)22-5-3-2-4-6-22/h7-17,22,36H,2-6,18-19H2,1H3. The van der Waals surface area contributed by atoms with Gasteiger partial charge in [0.1, 0.15) is 0 Å². The van der Waals surface area contributed by atoms with Crippen LogP contribution in [0.15, 0.2) is 71.7 Å². The Morgan fingerprint density at radius 3 is 2.17 bits per heavy atom. The number of alkyl halides is 3. The van der Waals surface area contributed by atoms with Crippen molar-refractivity contribution in [3.05, 3.63) is 94.6 Å². The Morgan fingerprint density at radius 2 is 1.53 bits per heavy atom. The molecule has 0 atom stereocenters. The van der Waals surface area contributed by atoms with Gasteiger partial charge in [-0.3, -0.25) is 0 Å². The van der Waals surface area contributed by atoms with Gasteiger partial charge in [0.15, 0.2) is 0 Å². The van der Waals surface area contributed by atoms with Crippen LogP contribution in [0.4, 0.5) is 18.9 Å². The SMILES string of the molecule is Cn1c(=Nc2ccc(C3CCCCC3)cc2)n(Cc2ccc(CO)cc2)c2cc(C(F)(F)F)ccc21. The van der Waals surface area contributed by atoms with Gasteiger partial charge in [-0.15, -0.1) is 0 Å². The topological polar surface area (TPSA) is 42.5 Å². The average molecular weight is 494 g/mol. The Balaban J connectivity index is 1.61. The second-order valence-electron chi connectivity index (χ2n) is 9.66. The lowest BCUT2D eigenvalue weighted by Gasteiger charge is -2.21. The molecule has 1 N–H and O–H groups in total. The zero-order valence-corrected chi connectivity index (χ0v) is 20.3. The quantitative estimate of drug-likeness (QED) is 0.326. The molecule has 4 aromatic rings. The number of nitrogens with zero attached hydrogens (tertiary/aromatic N) is 3. The molecule has 1 fully saturated rings. The smallest absolute Gasteiger partial charge is 0.392 e. The first-order chi connectivity index (χ1) is 17.3. The number of aromatic nitrogens is 2. The Bertz CT molecular complexity index is 1410. The van der Waals surface area contributed by atoms with Crippen LogP contribution in [0.5, 0.6) is 0 Å².